The first kappa shape index (κ1) is 17.5. The van der Waals surface area contributed by atoms with Crippen LogP contribution < -0.4 is 10.3 Å². The number of aromatic nitrogens is 2. The number of ketones is 1. The molecular weight excluding hydrogens is 302 g/mol. The zero-order chi connectivity index (χ0) is 17.2. The van der Waals surface area contributed by atoms with E-state index in [4.69, 9.17) is 6.42 Å². The van der Waals surface area contributed by atoms with E-state index in [0.717, 1.165) is 43.9 Å². The number of pyridine rings is 2. The molecule has 0 saturated heterocycles. The minimum absolute atomic E-state index is 0.0440. The Kier molecular flexibility index (Phi) is 6.78. The molecule has 0 bridgehead atoms. The zero-order valence-corrected chi connectivity index (χ0v) is 13.6. The lowest BCUT2D eigenvalue weighted by atomic mass is 10.1. The fourth-order valence-electron chi connectivity index (χ4n) is 2.44. The standard InChI is InChI=1S/C19H21N3O2/c1-2-16(23)9-5-3-4-8-14-22(18-10-6-7-12-20-18)19-15-17(24)11-13-21-19/h1,6-7,10-13,15H,3-5,8-9,14H2,(H,21,24). The molecule has 0 atom stereocenters. The summed E-state index contributed by atoms with van der Waals surface area (Å²) in [6, 6.07) is 8.75. The molecule has 124 valence electrons. The molecule has 5 nitrogen and oxygen atoms in total. The second-order valence-corrected chi connectivity index (χ2v) is 5.48. The Balaban J connectivity index is 1.94. The Morgan fingerprint density at radius 1 is 1.21 bits per heavy atom. The van der Waals surface area contributed by atoms with Crippen LogP contribution in [0.25, 0.3) is 0 Å². The summed E-state index contributed by atoms with van der Waals surface area (Å²) in [5.74, 6) is 3.52. The fourth-order valence-corrected chi connectivity index (χ4v) is 2.44. The molecular formula is C19H21N3O2. The largest absolute Gasteiger partial charge is 0.348 e. The maximum Gasteiger partial charge on any atom is 0.205 e. The molecule has 2 aromatic heterocycles. The Morgan fingerprint density at radius 3 is 2.75 bits per heavy atom. The smallest absolute Gasteiger partial charge is 0.205 e. The molecule has 0 amide bonds. The van der Waals surface area contributed by atoms with Gasteiger partial charge in [0.25, 0.3) is 0 Å². The number of aromatic amines is 1. The number of nitrogens with one attached hydrogen (secondary N) is 1. The van der Waals surface area contributed by atoms with Gasteiger partial charge in [-0.15, -0.1) is 6.42 Å². The molecule has 24 heavy (non-hydrogen) atoms. The van der Waals surface area contributed by atoms with Crippen molar-refractivity contribution < 1.29 is 4.79 Å². The minimum Gasteiger partial charge on any atom is -0.348 e. The highest BCUT2D eigenvalue weighted by atomic mass is 16.1. The third kappa shape index (κ3) is 5.40. The van der Waals surface area contributed by atoms with E-state index < -0.39 is 0 Å². The number of H-pyrrole nitrogens is 1. The van der Waals surface area contributed by atoms with Crippen molar-refractivity contribution in [1.29, 1.82) is 0 Å². The number of hydrogen-bond acceptors (Lipinski definition) is 4. The van der Waals surface area contributed by atoms with Crippen LogP contribution in [-0.2, 0) is 4.79 Å². The summed E-state index contributed by atoms with van der Waals surface area (Å²) in [5.41, 5.74) is -0.0440. The molecule has 0 aliphatic heterocycles. The molecule has 0 saturated carbocycles. The highest BCUT2D eigenvalue weighted by Gasteiger charge is 2.11. The van der Waals surface area contributed by atoms with E-state index in [2.05, 4.69) is 15.9 Å². The normalized spacial score (nSPS) is 10.1. The van der Waals surface area contributed by atoms with Gasteiger partial charge in [0.15, 0.2) is 5.43 Å². The van der Waals surface area contributed by atoms with Crippen molar-refractivity contribution in [3.05, 3.63) is 52.9 Å². The van der Waals surface area contributed by atoms with Gasteiger partial charge in [0.2, 0.25) is 5.78 Å². The van der Waals surface area contributed by atoms with Crippen molar-refractivity contribution in [1.82, 2.24) is 9.97 Å². The number of Topliss-reactive ketones (excluding diaryl/α,β-unsaturated/α-hetero) is 1. The molecule has 0 spiro atoms. The molecule has 5 heteroatoms. The first-order chi connectivity index (χ1) is 11.7. The lowest BCUT2D eigenvalue weighted by Gasteiger charge is -2.23. The number of terminal acetylenes is 1. The average molecular weight is 323 g/mol. The van der Waals surface area contributed by atoms with Crippen molar-refractivity contribution in [2.75, 3.05) is 11.4 Å². The third-order valence-corrected chi connectivity index (χ3v) is 3.67. The molecule has 2 aromatic rings. The molecule has 0 unspecified atom stereocenters. The van der Waals surface area contributed by atoms with E-state index in [-0.39, 0.29) is 11.2 Å². The monoisotopic (exact) mass is 323 g/mol. The summed E-state index contributed by atoms with van der Waals surface area (Å²) < 4.78 is 0. The lowest BCUT2D eigenvalue weighted by Crippen LogP contribution is -2.22. The average Bonchev–Trinajstić information content (AvgIpc) is 2.61. The molecule has 0 aromatic carbocycles. The molecule has 0 aliphatic rings. The highest BCUT2D eigenvalue weighted by molar-refractivity contribution is 5.94. The molecule has 2 rings (SSSR count). The van der Waals surface area contributed by atoms with Gasteiger partial charge in [-0.05, 0) is 30.9 Å². The predicted molar refractivity (Wildman–Crippen MR) is 95.2 cm³/mol. The van der Waals surface area contributed by atoms with Crippen molar-refractivity contribution >= 4 is 17.4 Å². The van der Waals surface area contributed by atoms with Crippen molar-refractivity contribution in [3.63, 3.8) is 0 Å². The van der Waals surface area contributed by atoms with Gasteiger partial charge in [0.1, 0.15) is 11.6 Å². The second kappa shape index (κ2) is 9.31. The van der Waals surface area contributed by atoms with E-state index >= 15 is 0 Å². The van der Waals surface area contributed by atoms with Crippen LogP contribution in [-0.4, -0.2) is 22.3 Å². The summed E-state index contributed by atoms with van der Waals surface area (Å²) in [4.78, 5) is 32.2. The quantitative estimate of drug-likeness (QED) is 0.437. The van der Waals surface area contributed by atoms with Gasteiger partial charge < -0.3 is 9.88 Å². The van der Waals surface area contributed by atoms with Gasteiger partial charge in [-0.25, -0.2) is 4.98 Å². The third-order valence-electron chi connectivity index (χ3n) is 3.67. The number of carbonyl (C=O) groups excluding carboxylic acids is 1. The predicted octanol–water partition coefficient (Wildman–Crippen LogP) is 3.06. The summed E-state index contributed by atoms with van der Waals surface area (Å²) in [5, 5.41) is 0. The molecule has 0 aliphatic carbocycles. The molecule has 2 heterocycles. The van der Waals surface area contributed by atoms with Gasteiger partial charge in [0.05, 0.1) is 0 Å². The summed E-state index contributed by atoms with van der Waals surface area (Å²) >= 11 is 0. The number of hydrogen-bond donors (Lipinski definition) is 1. The lowest BCUT2D eigenvalue weighted by molar-refractivity contribution is -0.113. The summed E-state index contributed by atoms with van der Waals surface area (Å²) in [6.45, 7) is 0.736. The van der Waals surface area contributed by atoms with Gasteiger partial charge in [-0.3, -0.25) is 9.59 Å². The Hall–Kier alpha value is -2.87. The highest BCUT2D eigenvalue weighted by Crippen LogP contribution is 2.20. The van der Waals surface area contributed by atoms with Crippen LogP contribution >= 0.6 is 0 Å². The van der Waals surface area contributed by atoms with Crippen LogP contribution in [0.3, 0.4) is 0 Å². The number of nitrogens with zero attached hydrogens (tertiary/aromatic N) is 2. The van der Waals surface area contributed by atoms with Gasteiger partial charge >= 0.3 is 0 Å². The van der Waals surface area contributed by atoms with Gasteiger partial charge in [-0.2, -0.15) is 0 Å². The van der Waals surface area contributed by atoms with Crippen LogP contribution in [0.5, 0.6) is 0 Å². The Bertz CT molecular complexity index is 747. The topological polar surface area (TPSA) is 66.1 Å². The number of rotatable bonds is 9. The van der Waals surface area contributed by atoms with Gasteiger partial charge in [0, 0.05) is 37.5 Å². The Labute approximate surface area is 141 Å². The van der Waals surface area contributed by atoms with Crippen LogP contribution in [0.2, 0.25) is 0 Å². The molecule has 0 fully saturated rings. The van der Waals surface area contributed by atoms with E-state index in [1.54, 1.807) is 18.5 Å². The van der Waals surface area contributed by atoms with E-state index in [0.29, 0.717) is 6.42 Å². The van der Waals surface area contributed by atoms with Gasteiger partial charge in [-0.1, -0.05) is 18.9 Å². The van der Waals surface area contributed by atoms with Crippen molar-refractivity contribution in [2.45, 2.75) is 32.1 Å². The first-order valence-electron chi connectivity index (χ1n) is 8.07. The van der Waals surface area contributed by atoms with E-state index in [9.17, 15) is 9.59 Å². The van der Waals surface area contributed by atoms with Crippen LogP contribution in [0.15, 0.2) is 47.5 Å². The molecule has 1 N–H and O–H groups in total. The van der Waals surface area contributed by atoms with E-state index in [1.165, 1.54) is 6.07 Å². The summed E-state index contributed by atoms with van der Waals surface area (Å²) in [7, 11) is 0. The van der Waals surface area contributed by atoms with Crippen molar-refractivity contribution in [3.8, 4) is 12.3 Å². The minimum atomic E-state index is -0.132. The first-order valence-corrected chi connectivity index (χ1v) is 8.07. The van der Waals surface area contributed by atoms with Crippen molar-refractivity contribution in [2.24, 2.45) is 0 Å². The fraction of sp³-hybridized carbons (Fsp3) is 0.316. The van der Waals surface area contributed by atoms with E-state index in [1.807, 2.05) is 23.1 Å². The number of anilines is 2. The summed E-state index contributed by atoms with van der Waals surface area (Å²) in [6.07, 6.45) is 12.6. The Morgan fingerprint density at radius 2 is 2.04 bits per heavy atom. The van der Waals surface area contributed by atoms with Crippen LogP contribution in [0, 0.1) is 12.3 Å². The number of carbonyl (C=O) groups is 1. The second-order valence-electron chi connectivity index (χ2n) is 5.48. The van der Waals surface area contributed by atoms with Crippen LogP contribution in [0.4, 0.5) is 11.6 Å². The van der Waals surface area contributed by atoms with Crippen LogP contribution in [0.1, 0.15) is 32.1 Å². The SMILES string of the molecule is C#CC(=O)CCCCCCN(c1ccccn1)c1cc(=O)cc[nH]1. The maximum atomic E-state index is 11.6. The maximum absolute atomic E-state index is 11.6. The molecule has 0 radical (unpaired) electrons. The zero-order valence-electron chi connectivity index (χ0n) is 13.6. The number of unbranched alkanes of at least 4 members (excludes halogenated alkanes) is 3.